The van der Waals surface area contributed by atoms with Crippen molar-refractivity contribution in [2.24, 2.45) is 0 Å². The lowest BCUT2D eigenvalue weighted by Gasteiger charge is -2.34. The zero-order chi connectivity index (χ0) is 16.2. The Balaban J connectivity index is 1.87. The van der Waals surface area contributed by atoms with Gasteiger partial charge in [0.1, 0.15) is 0 Å². The predicted molar refractivity (Wildman–Crippen MR) is 85.8 cm³/mol. The number of aromatic amines is 1. The van der Waals surface area contributed by atoms with Crippen LogP contribution in [0.25, 0.3) is 0 Å². The standard InChI is InChI=1S/C16H28N4O2/c1-12(10-16(2,3)22-4)18-15(21)20-9-5-6-13(11-20)14-7-8-17-19-14/h7-8,12-13H,5-6,9-11H2,1-4H3,(H,17,19)(H,18,21). The fourth-order valence-electron chi connectivity index (χ4n) is 3.08. The highest BCUT2D eigenvalue weighted by Gasteiger charge is 2.27. The van der Waals surface area contributed by atoms with E-state index in [9.17, 15) is 4.79 Å². The van der Waals surface area contributed by atoms with Gasteiger partial charge in [0.05, 0.1) is 5.60 Å². The average molecular weight is 308 g/mol. The van der Waals surface area contributed by atoms with Gasteiger partial charge in [0.15, 0.2) is 0 Å². The van der Waals surface area contributed by atoms with Crippen molar-refractivity contribution in [3.8, 4) is 0 Å². The number of rotatable bonds is 5. The average Bonchev–Trinajstić information content (AvgIpc) is 3.01. The molecule has 22 heavy (non-hydrogen) atoms. The highest BCUT2D eigenvalue weighted by atomic mass is 16.5. The number of carbonyl (C=O) groups is 1. The maximum Gasteiger partial charge on any atom is 0.317 e. The number of hydrogen-bond acceptors (Lipinski definition) is 3. The lowest BCUT2D eigenvalue weighted by Crippen LogP contribution is -2.49. The largest absolute Gasteiger partial charge is 0.379 e. The molecular weight excluding hydrogens is 280 g/mol. The van der Waals surface area contributed by atoms with E-state index in [-0.39, 0.29) is 17.7 Å². The molecule has 1 saturated heterocycles. The molecule has 2 atom stereocenters. The summed E-state index contributed by atoms with van der Waals surface area (Å²) in [6.45, 7) is 7.65. The summed E-state index contributed by atoms with van der Waals surface area (Å²) in [7, 11) is 1.70. The van der Waals surface area contributed by atoms with Gasteiger partial charge in [-0.15, -0.1) is 0 Å². The number of nitrogens with zero attached hydrogens (tertiary/aromatic N) is 2. The predicted octanol–water partition coefficient (Wildman–Crippen LogP) is 2.50. The first kappa shape index (κ1) is 16.8. The molecule has 0 bridgehead atoms. The Hall–Kier alpha value is -1.56. The quantitative estimate of drug-likeness (QED) is 0.878. The molecule has 2 rings (SSSR count). The first-order valence-corrected chi connectivity index (χ1v) is 8.01. The molecule has 124 valence electrons. The second-order valence-electron chi connectivity index (χ2n) is 6.82. The highest BCUT2D eigenvalue weighted by molar-refractivity contribution is 5.74. The van der Waals surface area contributed by atoms with Gasteiger partial charge in [0, 0.05) is 44.0 Å². The summed E-state index contributed by atoms with van der Waals surface area (Å²) in [5, 5.41) is 10.1. The van der Waals surface area contributed by atoms with Crippen molar-refractivity contribution in [3.63, 3.8) is 0 Å². The number of H-pyrrole nitrogens is 1. The van der Waals surface area contributed by atoms with Crippen molar-refractivity contribution in [2.45, 2.75) is 57.6 Å². The Labute approximate surface area is 132 Å². The van der Waals surface area contributed by atoms with Crippen molar-refractivity contribution in [1.82, 2.24) is 20.4 Å². The number of ether oxygens (including phenoxy) is 1. The monoisotopic (exact) mass is 308 g/mol. The zero-order valence-electron chi connectivity index (χ0n) is 14.1. The van der Waals surface area contributed by atoms with Crippen LogP contribution in [0.4, 0.5) is 4.79 Å². The molecule has 0 saturated carbocycles. The minimum Gasteiger partial charge on any atom is -0.379 e. The van der Waals surface area contributed by atoms with Gasteiger partial charge in [-0.1, -0.05) is 0 Å². The topological polar surface area (TPSA) is 70.2 Å². The van der Waals surface area contributed by atoms with Crippen LogP contribution in [0, 0.1) is 0 Å². The number of urea groups is 1. The maximum atomic E-state index is 12.4. The summed E-state index contributed by atoms with van der Waals surface area (Å²) >= 11 is 0. The Morgan fingerprint density at radius 1 is 1.64 bits per heavy atom. The number of aromatic nitrogens is 2. The number of methoxy groups -OCH3 is 1. The van der Waals surface area contributed by atoms with E-state index in [2.05, 4.69) is 15.5 Å². The van der Waals surface area contributed by atoms with E-state index in [4.69, 9.17) is 4.74 Å². The summed E-state index contributed by atoms with van der Waals surface area (Å²) in [4.78, 5) is 14.4. The molecule has 2 heterocycles. The molecule has 1 aliphatic rings. The third-order valence-corrected chi connectivity index (χ3v) is 4.39. The van der Waals surface area contributed by atoms with E-state index in [1.807, 2.05) is 31.7 Å². The van der Waals surface area contributed by atoms with Crippen molar-refractivity contribution >= 4 is 6.03 Å². The lowest BCUT2D eigenvalue weighted by atomic mass is 9.95. The highest BCUT2D eigenvalue weighted by Crippen LogP contribution is 2.25. The maximum absolute atomic E-state index is 12.4. The summed E-state index contributed by atoms with van der Waals surface area (Å²) in [5.41, 5.74) is 0.888. The summed E-state index contributed by atoms with van der Waals surface area (Å²) in [6.07, 6.45) is 4.67. The molecule has 0 spiro atoms. The van der Waals surface area contributed by atoms with Gasteiger partial charge >= 0.3 is 6.03 Å². The molecule has 2 unspecified atom stereocenters. The Bertz CT molecular complexity index is 473. The first-order valence-electron chi connectivity index (χ1n) is 8.01. The molecule has 1 aromatic rings. The van der Waals surface area contributed by atoms with Gasteiger partial charge in [0.2, 0.25) is 0 Å². The summed E-state index contributed by atoms with van der Waals surface area (Å²) in [5.74, 6) is 0.354. The number of nitrogens with one attached hydrogen (secondary N) is 2. The van der Waals surface area contributed by atoms with Crippen molar-refractivity contribution in [3.05, 3.63) is 18.0 Å². The zero-order valence-corrected chi connectivity index (χ0v) is 14.1. The second kappa shape index (κ2) is 7.13. The normalized spacial score (nSPS) is 20.7. The van der Waals surface area contributed by atoms with Crippen LogP contribution in [-0.2, 0) is 4.74 Å². The molecule has 6 heteroatoms. The van der Waals surface area contributed by atoms with Crippen molar-refractivity contribution in [2.75, 3.05) is 20.2 Å². The van der Waals surface area contributed by atoms with Gasteiger partial charge in [0.25, 0.3) is 0 Å². The van der Waals surface area contributed by atoms with Gasteiger partial charge < -0.3 is 15.0 Å². The molecule has 0 aromatic carbocycles. The van der Waals surface area contributed by atoms with Gasteiger partial charge in [-0.3, -0.25) is 5.10 Å². The van der Waals surface area contributed by atoms with Crippen LogP contribution in [0.2, 0.25) is 0 Å². The SMILES string of the molecule is COC(C)(C)CC(C)NC(=O)N1CCCC(c2ccn[nH]2)C1. The van der Waals surface area contributed by atoms with Gasteiger partial charge in [-0.25, -0.2) is 4.79 Å². The number of piperidine rings is 1. The fourth-order valence-corrected chi connectivity index (χ4v) is 3.08. The summed E-state index contributed by atoms with van der Waals surface area (Å²) in [6, 6.07) is 2.09. The molecule has 6 nitrogen and oxygen atoms in total. The second-order valence-corrected chi connectivity index (χ2v) is 6.82. The van der Waals surface area contributed by atoms with E-state index < -0.39 is 0 Å². The van der Waals surface area contributed by atoms with Crippen LogP contribution in [0.5, 0.6) is 0 Å². The van der Waals surface area contributed by atoms with Crippen LogP contribution in [0.15, 0.2) is 12.3 Å². The Morgan fingerprint density at radius 2 is 2.41 bits per heavy atom. The molecule has 1 fully saturated rings. The van der Waals surface area contributed by atoms with E-state index in [1.165, 1.54) is 0 Å². The van der Waals surface area contributed by atoms with E-state index >= 15 is 0 Å². The van der Waals surface area contributed by atoms with E-state index in [1.54, 1.807) is 13.3 Å². The van der Waals surface area contributed by atoms with E-state index in [0.717, 1.165) is 38.0 Å². The van der Waals surface area contributed by atoms with Crippen LogP contribution in [0.1, 0.15) is 51.6 Å². The van der Waals surface area contributed by atoms with Crippen LogP contribution >= 0.6 is 0 Å². The minimum absolute atomic E-state index is 0.0172. The van der Waals surface area contributed by atoms with E-state index in [0.29, 0.717) is 5.92 Å². The number of amides is 2. The molecule has 1 aliphatic heterocycles. The fraction of sp³-hybridized carbons (Fsp3) is 0.750. The van der Waals surface area contributed by atoms with Crippen molar-refractivity contribution < 1.29 is 9.53 Å². The smallest absolute Gasteiger partial charge is 0.317 e. The third kappa shape index (κ3) is 4.47. The van der Waals surface area contributed by atoms with Gasteiger partial charge in [-0.2, -0.15) is 5.10 Å². The molecule has 0 aliphatic carbocycles. The van der Waals surface area contributed by atoms with Gasteiger partial charge in [-0.05, 0) is 46.1 Å². The van der Waals surface area contributed by atoms with Crippen molar-refractivity contribution in [1.29, 1.82) is 0 Å². The molecule has 2 amide bonds. The molecule has 1 aromatic heterocycles. The summed E-state index contributed by atoms with van der Waals surface area (Å²) < 4.78 is 5.43. The van der Waals surface area contributed by atoms with Crippen LogP contribution < -0.4 is 5.32 Å². The first-order chi connectivity index (χ1) is 10.4. The molecular formula is C16H28N4O2. The van der Waals surface area contributed by atoms with Crippen LogP contribution in [0.3, 0.4) is 0 Å². The lowest BCUT2D eigenvalue weighted by molar-refractivity contribution is 0.00906. The Morgan fingerprint density at radius 3 is 3.05 bits per heavy atom. The Kier molecular flexibility index (Phi) is 5.45. The minimum atomic E-state index is -0.229. The molecule has 0 radical (unpaired) electrons. The van der Waals surface area contributed by atoms with Crippen LogP contribution in [-0.4, -0.2) is 53.0 Å². The third-order valence-electron chi connectivity index (χ3n) is 4.39. The number of hydrogen-bond donors (Lipinski definition) is 2. The number of likely N-dealkylation sites (tertiary alicyclic amines) is 1. The molecule has 2 N–H and O–H groups in total. The number of carbonyl (C=O) groups excluding carboxylic acids is 1.